The molecule has 0 spiro atoms. The van der Waals surface area contributed by atoms with Gasteiger partial charge in [-0.3, -0.25) is 14.1 Å². The number of esters is 2. The fourth-order valence-electron chi connectivity index (χ4n) is 2.90. The van der Waals surface area contributed by atoms with Gasteiger partial charge >= 0.3 is 19.8 Å². The van der Waals surface area contributed by atoms with Gasteiger partial charge in [-0.05, 0) is 45.1 Å². The molecule has 1 aromatic heterocycles. The first kappa shape index (κ1) is 27.0. The molecule has 0 atom stereocenters. The van der Waals surface area contributed by atoms with E-state index >= 15 is 0 Å². The van der Waals surface area contributed by atoms with Gasteiger partial charge in [0.05, 0.1) is 5.52 Å². The quantitative estimate of drug-likeness (QED) is 0.224. The number of aryl methyl sites for hydroxylation is 1. The molecule has 0 aliphatic rings. The highest BCUT2D eigenvalue weighted by atomic mass is 31.2. The van der Waals surface area contributed by atoms with E-state index < -0.39 is 33.3 Å². The van der Waals surface area contributed by atoms with E-state index in [2.05, 4.69) is 11.0 Å². The molecule has 0 saturated heterocycles. The van der Waals surface area contributed by atoms with E-state index in [0.29, 0.717) is 0 Å². The van der Waals surface area contributed by atoms with E-state index in [-0.39, 0.29) is 19.6 Å². The highest BCUT2D eigenvalue weighted by Gasteiger charge is 2.29. The van der Waals surface area contributed by atoms with E-state index in [9.17, 15) is 14.2 Å². The first-order chi connectivity index (χ1) is 15.7. The Morgan fingerprint density at radius 3 is 2.15 bits per heavy atom. The van der Waals surface area contributed by atoms with Crippen molar-refractivity contribution in [2.75, 3.05) is 34.2 Å². The minimum Gasteiger partial charge on any atom is -0.438 e. The summed E-state index contributed by atoms with van der Waals surface area (Å²) < 4.78 is 40.2. The van der Waals surface area contributed by atoms with Crippen molar-refractivity contribution in [2.24, 2.45) is 0 Å². The maximum atomic E-state index is 13.1. The van der Waals surface area contributed by atoms with Gasteiger partial charge in [0, 0.05) is 31.0 Å². The molecule has 0 amide bonds. The molecule has 0 saturated carbocycles. The Hall–Kier alpha value is -2.23. The smallest absolute Gasteiger partial charge is 0.438 e. The van der Waals surface area contributed by atoms with Crippen LogP contribution < -0.4 is 0 Å². The van der Waals surface area contributed by atoms with Crippen LogP contribution in [0.5, 0.6) is 0 Å². The van der Waals surface area contributed by atoms with E-state index in [1.54, 1.807) is 18.4 Å². The SMILES string of the molecule is CCC(=O)OCOP(=O)(OCOC(=O)CC)OCn1cc(CCN(C)C)c2cc(C)ccc21. The summed E-state index contributed by atoms with van der Waals surface area (Å²) in [6.07, 6.45) is 3.03. The second-order valence-corrected chi connectivity index (χ2v) is 9.31. The molecule has 33 heavy (non-hydrogen) atoms. The number of ether oxygens (including phenoxy) is 2. The third-order valence-corrected chi connectivity index (χ3v) is 6.02. The zero-order valence-corrected chi connectivity index (χ0v) is 20.8. The van der Waals surface area contributed by atoms with Gasteiger partial charge in [-0.15, -0.1) is 0 Å². The Labute approximate surface area is 194 Å². The predicted molar refractivity (Wildman–Crippen MR) is 122 cm³/mol. The van der Waals surface area contributed by atoms with Crippen molar-refractivity contribution in [3.63, 3.8) is 0 Å². The van der Waals surface area contributed by atoms with Crippen LogP contribution in [-0.4, -0.2) is 55.6 Å². The molecule has 10 nitrogen and oxygen atoms in total. The molecule has 184 valence electrons. The topological polar surface area (TPSA) is 106 Å². The van der Waals surface area contributed by atoms with Gasteiger partial charge in [0.1, 0.15) is 6.73 Å². The van der Waals surface area contributed by atoms with Gasteiger partial charge in [0.25, 0.3) is 0 Å². The molecular formula is C22H33N2O8P. The number of likely N-dealkylation sites (N-methyl/N-ethyl adjacent to an activating group) is 1. The highest BCUT2D eigenvalue weighted by molar-refractivity contribution is 7.48. The molecule has 0 bridgehead atoms. The number of hydrogen-bond acceptors (Lipinski definition) is 9. The van der Waals surface area contributed by atoms with E-state index in [4.69, 9.17) is 23.0 Å². The summed E-state index contributed by atoms with van der Waals surface area (Å²) in [5.41, 5.74) is 3.15. The van der Waals surface area contributed by atoms with Crippen LogP contribution in [0.15, 0.2) is 24.4 Å². The summed E-state index contributed by atoms with van der Waals surface area (Å²) in [7, 11) is -0.193. The van der Waals surface area contributed by atoms with Gasteiger partial charge < -0.3 is 18.9 Å². The number of nitrogens with zero attached hydrogens (tertiary/aromatic N) is 2. The lowest BCUT2D eigenvalue weighted by molar-refractivity contribution is -0.153. The predicted octanol–water partition coefficient (Wildman–Crippen LogP) is 3.99. The van der Waals surface area contributed by atoms with E-state index in [1.165, 1.54) is 0 Å². The van der Waals surface area contributed by atoms with Crippen LogP contribution in [0.4, 0.5) is 0 Å². The minimum atomic E-state index is -4.21. The Bertz CT molecular complexity index is 962. The lowest BCUT2D eigenvalue weighted by atomic mass is 10.1. The maximum Gasteiger partial charge on any atom is 0.482 e. The summed E-state index contributed by atoms with van der Waals surface area (Å²) in [5, 5.41) is 1.07. The van der Waals surface area contributed by atoms with Crippen LogP contribution in [0.25, 0.3) is 10.9 Å². The Kier molecular flexibility index (Phi) is 10.5. The number of rotatable bonds is 14. The van der Waals surface area contributed by atoms with E-state index in [1.807, 2.05) is 39.3 Å². The zero-order valence-electron chi connectivity index (χ0n) is 19.9. The fraction of sp³-hybridized carbons (Fsp3) is 0.545. The molecule has 0 aliphatic heterocycles. The number of benzene rings is 1. The number of carbonyl (C=O) groups is 2. The maximum absolute atomic E-state index is 13.1. The molecule has 1 aromatic carbocycles. The van der Waals surface area contributed by atoms with Crippen molar-refractivity contribution in [2.45, 2.75) is 46.8 Å². The van der Waals surface area contributed by atoms with Crippen LogP contribution >= 0.6 is 7.82 Å². The largest absolute Gasteiger partial charge is 0.482 e. The Morgan fingerprint density at radius 2 is 1.61 bits per heavy atom. The molecule has 11 heteroatoms. The number of aromatic nitrogens is 1. The van der Waals surface area contributed by atoms with Crippen molar-refractivity contribution in [3.05, 3.63) is 35.5 Å². The summed E-state index contributed by atoms with van der Waals surface area (Å²) >= 11 is 0. The monoisotopic (exact) mass is 484 g/mol. The number of hydrogen-bond donors (Lipinski definition) is 0. The number of phosphoric ester groups is 1. The van der Waals surface area contributed by atoms with Crippen molar-refractivity contribution < 1.29 is 37.2 Å². The molecule has 0 aliphatic carbocycles. The third kappa shape index (κ3) is 8.57. The second-order valence-electron chi connectivity index (χ2n) is 7.64. The first-order valence-corrected chi connectivity index (χ1v) is 12.2. The van der Waals surface area contributed by atoms with E-state index in [0.717, 1.165) is 35.0 Å². The molecule has 1 heterocycles. The average molecular weight is 484 g/mol. The Balaban J connectivity index is 2.17. The van der Waals surface area contributed by atoms with Crippen LogP contribution in [0.2, 0.25) is 0 Å². The van der Waals surface area contributed by atoms with Crippen LogP contribution in [0, 0.1) is 6.92 Å². The summed E-state index contributed by atoms with van der Waals surface area (Å²) in [5.74, 6) is -1.06. The standard InChI is InChI=1S/C22H33N2O8P/c1-6-21(25)28-15-31-33(27,32-16-29-22(26)7-2)30-14-24-13-18(10-11-23(4)5)19-12-17(3)8-9-20(19)24/h8-9,12-13H,6-7,10-11,14-16H2,1-5H3. The molecule has 0 fully saturated rings. The molecule has 2 aromatic rings. The zero-order chi connectivity index (χ0) is 24.4. The van der Waals surface area contributed by atoms with Crippen LogP contribution in [0.1, 0.15) is 37.8 Å². The number of carbonyl (C=O) groups excluding carboxylic acids is 2. The highest BCUT2D eigenvalue weighted by Crippen LogP contribution is 2.50. The van der Waals surface area contributed by atoms with Gasteiger partial charge in [-0.2, -0.15) is 0 Å². The van der Waals surface area contributed by atoms with Crippen LogP contribution in [-0.2, 0) is 50.4 Å². The normalized spacial score (nSPS) is 11.8. The average Bonchev–Trinajstić information content (AvgIpc) is 3.12. The van der Waals surface area contributed by atoms with Crippen LogP contribution in [0.3, 0.4) is 0 Å². The van der Waals surface area contributed by atoms with Gasteiger partial charge in [0.15, 0.2) is 0 Å². The fourth-order valence-corrected chi connectivity index (χ4v) is 3.75. The Morgan fingerprint density at radius 1 is 1.00 bits per heavy atom. The minimum absolute atomic E-state index is 0.133. The number of phosphoric acid groups is 1. The molecule has 0 radical (unpaired) electrons. The van der Waals surface area contributed by atoms with Gasteiger partial charge in [-0.1, -0.05) is 25.5 Å². The van der Waals surface area contributed by atoms with Crippen molar-refractivity contribution in [1.29, 1.82) is 0 Å². The summed E-state index contributed by atoms with van der Waals surface area (Å²) in [4.78, 5) is 24.8. The molecule has 0 unspecified atom stereocenters. The summed E-state index contributed by atoms with van der Waals surface area (Å²) in [6.45, 7) is 4.73. The molecule has 0 N–H and O–H groups in total. The van der Waals surface area contributed by atoms with Crippen molar-refractivity contribution >= 4 is 30.7 Å². The lowest BCUT2D eigenvalue weighted by Gasteiger charge is -2.18. The molecular weight excluding hydrogens is 451 g/mol. The van der Waals surface area contributed by atoms with Crippen molar-refractivity contribution in [1.82, 2.24) is 9.47 Å². The second kappa shape index (κ2) is 12.9. The third-order valence-electron chi connectivity index (χ3n) is 4.74. The van der Waals surface area contributed by atoms with Crippen molar-refractivity contribution in [3.8, 4) is 0 Å². The molecule has 2 rings (SSSR count). The van der Waals surface area contributed by atoms with Gasteiger partial charge in [-0.25, -0.2) is 13.6 Å². The first-order valence-electron chi connectivity index (χ1n) is 10.8. The lowest BCUT2D eigenvalue weighted by Crippen LogP contribution is -2.15. The van der Waals surface area contributed by atoms with Gasteiger partial charge in [0.2, 0.25) is 13.6 Å². The summed E-state index contributed by atoms with van der Waals surface area (Å²) in [6, 6.07) is 6.04. The number of fused-ring (bicyclic) bond motifs is 1.